The average molecular weight is 504 g/mol. The summed E-state index contributed by atoms with van der Waals surface area (Å²) in [6, 6.07) is 14.2. The lowest BCUT2D eigenvalue weighted by Crippen LogP contribution is -2.33. The minimum Gasteiger partial charge on any atom is -0.484 e. The molecule has 170 valence electrons. The van der Waals surface area contributed by atoms with Crippen molar-refractivity contribution in [2.45, 2.75) is 12.8 Å². The second-order valence-corrected chi connectivity index (χ2v) is 8.30. The second-order valence-electron chi connectivity index (χ2n) is 7.38. The van der Waals surface area contributed by atoms with Gasteiger partial charge in [-0.05, 0) is 55.0 Å². The third kappa shape index (κ3) is 6.80. The minimum absolute atomic E-state index is 0.0930. The molecule has 1 atom stereocenters. The Labute approximate surface area is 195 Å². The van der Waals surface area contributed by atoms with Crippen LogP contribution in [-0.4, -0.2) is 51.1 Å². The quantitative estimate of drug-likeness (QED) is 0.485. The van der Waals surface area contributed by atoms with Crippen molar-refractivity contribution >= 4 is 45.0 Å². The standard InChI is InChI=1S/C23H26BrN3O5/c1-31-12-2-11-25-23(30)16-13-22(29)27(14-16)19-7-9-20(10-8-19)32-15-21(28)26-18-5-3-17(24)4-6-18/h3-10,16H,2,11-15H2,1H3,(H,25,30)(H,26,28)/t16-/m0/s1. The van der Waals surface area contributed by atoms with Crippen LogP contribution in [0.25, 0.3) is 0 Å². The van der Waals surface area contributed by atoms with Crippen molar-refractivity contribution in [1.29, 1.82) is 0 Å². The first kappa shape index (κ1) is 23.7. The highest BCUT2D eigenvalue weighted by Gasteiger charge is 2.34. The fourth-order valence-corrected chi connectivity index (χ4v) is 3.57. The molecule has 1 aliphatic rings. The van der Waals surface area contributed by atoms with Gasteiger partial charge in [-0.1, -0.05) is 15.9 Å². The Morgan fingerprint density at radius 3 is 2.53 bits per heavy atom. The summed E-state index contributed by atoms with van der Waals surface area (Å²) in [5.74, 6) is -0.342. The summed E-state index contributed by atoms with van der Waals surface area (Å²) in [6.45, 7) is 1.31. The van der Waals surface area contributed by atoms with E-state index in [2.05, 4.69) is 26.6 Å². The van der Waals surface area contributed by atoms with E-state index in [1.54, 1.807) is 48.4 Å². The molecular weight excluding hydrogens is 478 g/mol. The molecule has 1 heterocycles. The average Bonchev–Trinajstić information content (AvgIpc) is 3.19. The molecule has 0 aliphatic carbocycles. The number of nitrogens with one attached hydrogen (secondary N) is 2. The molecule has 9 heteroatoms. The summed E-state index contributed by atoms with van der Waals surface area (Å²) in [7, 11) is 1.62. The molecule has 0 unspecified atom stereocenters. The number of carbonyl (C=O) groups excluding carboxylic acids is 3. The molecule has 1 fully saturated rings. The van der Waals surface area contributed by atoms with Crippen LogP contribution < -0.4 is 20.3 Å². The molecule has 2 N–H and O–H groups in total. The summed E-state index contributed by atoms with van der Waals surface area (Å²) in [5, 5.41) is 5.61. The molecule has 2 aromatic carbocycles. The number of methoxy groups -OCH3 is 1. The number of carbonyl (C=O) groups is 3. The van der Waals surface area contributed by atoms with Crippen molar-refractivity contribution < 1.29 is 23.9 Å². The summed E-state index contributed by atoms with van der Waals surface area (Å²) in [5.41, 5.74) is 1.37. The van der Waals surface area contributed by atoms with E-state index in [0.717, 1.165) is 10.9 Å². The predicted octanol–water partition coefficient (Wildman–Crippen LogP) is 2.97. The van der Waals surface area contributed by atoms with Crippen LogP contribution in [0.3, 0.4) is 0 Å². The van der Waals surface area contributed by atoms with Gasteiger partial charge in [0.15, 0.2) is 6.61 Å². The van der Waals surface area contributed by atoms with Gasteiger partial charge in [-0.2, -0.15) is 0 Å². The maximum atomic E-state index is 12.4. The highest BCUT2D eigenvalue weighted by Crippen LogP contribution is 2.27. The molecule has 8 nitrogen and oxygen atoms in total. The van der Waals surface area contributed by atoms with Crippen molar-refractivity contribution in [3.05, 3.63) is 53.0 Å². The van der Waals surface area contributed by atoms with Gasteiger partial charge in [-0.15, -0.1) is 0 Å². The van der Waals surface area contributed by atoms with E-state index >= 15 is 0 Å². The maximum absolute atomic E-state index is 12.4. The van der Waals surface area contributed by atoms with Crippen molar-refractivity contribution in [1.82, 2.24) is 5.32 Å². The first-order valence-corrected chi connectivity index (χ1v) is 11.1. The van der Waals surface area contributed by atoms with E-state index < -0.39 is 0 Å². The number of benzene rings is 2. The van der Waals surface area contributed by atoms with E-state index in [0.29, 0.717) is 36.8 Å². The largest absolute Gasteiger partial charge is 0.484 e. The fraction of sp³-hybridized carbons (Fsp3) is 0.348. The van der Waals surface area contributed by atoms with Crippen LogP contribution >= 0.6 is 15.9 Å². The molecule has 0 saturated carbocycles. The SMILES string of the molecule is COCCCNC(=O)[C@H]1CC(=O)N(c2ccc(OCC(=O)Nc3ccc(Br)cc3)cc2)C1. The third-order valence-corrected chi connectivity index (χ3v) is 5.50. The van der Waals surface area contributed by atoms with Gasteiger partial charge in [0.05, 0.1) is 5.92 Å². The highest BCUT2D eigenvalue weighted by atomic mass is 79.9. The Hall–Kier alpha value is -2.91. The van der Waals surface area contributed by atoms with Gasteiger partial charge in [0.2, 0.25) is 11.8 Å². The summed E-state index contributed by atoms with van der Waals surface area (Å²) in [6.07, 6.45) is 0.916. The van der Waals surface area contributed by atoms with Crippen LogP contribution in [0, 0.1) is 5.92 Å². The topological polar surface area (TPSA) is 97.0 Å². The summed E-state index contributed by atoms with van der Waals surface area (Å²) >= 11 is 3.35. The van der Waals surface area contributed by atoms with Crippen LogP contribution in [0.4, 0.5) is 11.4 Å². The lowest BCUT2D eigenvalue weighted by Gasteiger charge is -2.17. The van der Waals surface area contributed by atoms with Crippen LogP contribution in [-0.2, 0) is 19.1 Å². The van der Waals surface area contributed by atoms with Crippen LogP contribution in [0.5, 0.6) is 5.75 Å². The van der Waals surface area contributed by atoms with E-state index in [1.165, 1.54) is 0 Å². The zero-order chi connectivity index (χ0) is 22.9. The molecule has 1 saturated heterocycles. The number of hydrogen-bond acceptors (Lipinski definition) is 5. The van der Waals surface area contributed by atoms with E-state index in [1.807, 2.05) is 12.1 Å². The Morgan fingerprint density at radius 2 is 1.84 bits per heavy atom. The van der Waals surface area contributed by atoms with E-state index in [4.69, 9.17) is 9.47 Å². The number of rotatable bonds is 10. The molecule has 32 heavy (non-hydrogen) atoms. The fourth-order valence-electron chi connectivity index (χ4n) is 3.31. The highest BCUT2D eigenvalue weighted by molar-refractivity contribution is 9.10. The molecular formula is C23H26BrN3O5. The monoisotopic (exact) mass is 503 g/mol. The van der Waals surface area contributed by atoms with Crippen LogP contribution in [0.2, 0.25) is 0 Å². The molecule has 0 spiro atoms. The molecule has 0 bridgehead atoms. The lowest BCUT2D eigenvalue weighted by atomic mass is 10.1. The number of ether oxygens (including phenoxy) is 2. The lowest BCUT2D eigenvalue weighted by molar-refractivity contribution is -0.126. The van der Waals surface area contributed by atoms with Gasteiger partial charge in [0, 0.05) is 49.1 Å². The molecule has 2 aromatic rings. The smallest absolute Gasteiger partial charge is 0.262 e. The Bertz CT molecular complexity index is 934. The number of anilines is 2. The number of nitrogens with zero attached hydrogens (tertiary/aromatic N) is 1. The number of amides is 3. The Morgan fingerprint density at radius 1 is 1.12 bits per heavy atom. The van der Waals surface area contributed by atoms with E-state index in [9.17, 15) is 14.4 Å². The number of halogens is 1. The Kier molecular flexibility index (Phi) is 8.64. The third-order valence-electron chi connectivity index (χ3n) is 4.97. The zero-order valence-corrected chi connectivity index (χ0v) is 19.4. The molecule has 3 amide bonds. The first-order valence-electron chi connectivity index (χ1n) is 10.3. The van der Waals surface area contributed by atoms with Gasteiger partial charge in [-0.3, -0.25) is 14.4 Å². The predicted molar refractivity (Wildman–Crippen MR) is 125 cm³/mol. The molecule has 1 aliphatic heterocycles. The van der Waals surface area contributed by atoms with Gasteiger partial charge in [-0.25, -0.2) is 0 Å². The normalized spacial score (nSPS) is 15.5. The van der Waals surface area contributed by atoms with Crippen molar-refractivity contribution in [2.75, 3.05) is 43.6 Å². The van der Waals surface area contributed by atoms with Crippen LogP contribution in [0.15, 0.2) is 53.0 Å². The van der Waals surface area contributed by atoms with Crippen LogP contribution in [0.1, 0.15) is 12.8 Å². The molecule has 0 radical (unpaired) electrons. The first-order chi connectivity index (χ1) is 15.5. The Balaban J connectivity index is 1.47. The van der Waals surface area contributed by atoms with Gasteiger partial charge < -0.3 is 25.0 Å². The summed E-state index contributed by atoms with van der Waals surface area (Å²) in [4.78, 5) is 38.3. The summed E-state index contributed by atoms with van der Waals surface area (Å²) < 4.78 is 11.4. The second kappa shape index (κ2) is 11.6. The van der Waals surface area contributed by atoms with Crippen molar-refractivity contribution in [2.24, 2.45) is 5.92 Å². The van der Waals surface area contributed by atoms with Gasteiger partial charge in [0.1, 0.15) is 5.75 Å². The zero-order valence-electron chi connectivity index (χ0n) is 17.8. The van der Waals surface area contributed by atoms with Gasteiger partial charge >= 0.3 is 0 Å². The van der Waals surface area contributed by atoms with E-state index in [-0.39, 0.29) is 36.7 Å². The maximum Gasteiger partial charge on any atom is 0.262 e. The van der Waals surface area contributed by atoms with Gasteiger partial charge in [0.25, 0.3) is 5.91 Å². The molecule has 3 rings (SSSR count). The number of hydrogen-bond donors (Lipinski definition) is 2. The minimum atomic E-state index is -0.372. The molecule has 0 aromatic heterocycles. The van der Waals surface area contributed by atoms with Crippen molar-refractivity contribution in [3.63, 3.8) is 0 Å². The van der Waals surface area contributed by atoms with Crippen molar-refractivity contribution in [3.8, 4) is 5.75 Å².